The van der Waals surface area contributed by atoms with E-state index in [1.165, 1.54) is 12.8 Å². The molecule has 2 amide bonds. The zero-order chi connectivity index (χ0) is 15.4. The van der Waals surface area contributed by atoms with E-state index in [4.69, 9.17) is 0 Å². The highest BCUT2D eigenvalue weighted by molar-refractivity contribution is 5.79. The molecule has 0 spiro atoms. The summed E-state index contributed by atoms with van der Waals surface area (Å²) in [6.07, 6.45) is 4.87. The normalized spacial score (nSPS) is 30.7. The summed E-state index contributed by atoms with van der Waals surface area (Å²) in [4.78, 5) is 23.5. The SMILES string of the molecule is CC(C)NC(=O)CCCC(=O)NC1C2CCC(C2)C1CO. The first-order chi connectivity index (χ1) is 10.0. The van der Waals surface area contributed by atoms with Gasteiger partial charge in [0.05, 0.1) is 0 Å². The van der Waals surface area contributed by atoms with Crippen molar-refractivity contribution in [1.82, 2.24) is 10.6 Å². The highest BCUT2D eigenvalue weighted by Crippen LogP contribution is 2.48. The number of aliphatic hydroxyl groups excluding tert-OH is 1. The zero-order valence-corrected chi connectivity index (χ0v) is 13.1. The number of carbonyl (C=O) groups excluding carboxylic acids is 2. The fourth-order valence-electron chi connectivity index (χ4n) is 3.96. The predicted molar refractivity (Wildman–Crippen MR) is 80.5 cm³/mol. The predicted octanol–water partition coefficient (Wildman–Crippen LogP) is 1.20. The highest BCUT2D eigenvalue weighted by Gasteiger charge is 2.47. The quantitative estimate of drug-likeness (QED) is 0.660. The Morgan fingerprint density at radius 1 is 1.14 bits per heavy atom. The summed E-state index contributed by atoms with van der Waals surface area (Å²) in [7, 11) is 0. The van der Waals surface area contributed by atoms with Crippen molar-refractivity contribution in [3.63, 3.8) is 0 Å². The molecule has 2 bridgehead atoms. The van der Waals surface area contributed by atoms with Gasteiger partial charge in [-0.1, -0.05) is 0 Å². The molecule has 0 aromatic carbocycles. The summed E-state index contributed by atoms with van der Waals surface area (Å²) in [5.74, 6) is 1.38. The van der Waals surface area contributed by atoms with Crippen LogP contribution in [0.15, 0.2) is 0 Å². The molecule has 3 N–H and O–H groups in total. The van der Waals surface area contributed by atoms with Gasteiger partial charge in [0.25, 0.3) is 0 Å². The van der Waals surface area contributed by atoms with Crippen molar-refractivity contribution < 1.29 is 14.7 Å². The third-order valence-electron chi connectivity index (χ3n) is 4.88. The van der Waals surface area contributed by atoms with Gasteiger partial charge in [-0.15, -0.1) is 0 Å². The average Bonchev–Trinajstić information content (AvgIpc) is 2.98. The fraction of sp³-hybridized carbons (Fsp3) is 0.875. The molecule has 5 nitrogen and oxygen atoms in total. The van der Waals surface area contributed by atoms with Crippen LogP contribution in [0.4, 0.5) is 0 Å². The largest absolute Gasteiger partial charge is 0.396 e. The second-order valence-electron chi connectivity index (χ2n) is 6.85. The Bertz CT molecular complexity index is 384. The zero-order valence-electron chi connectivity index (χ0n) is 13.1. The Morgan fingerprint density at radius 2 is 1.81 bits per heavy atom. The molecule has 2 fully saturated rings. The van der Waals surface area contributed by atoms with Crippen LogP contribution < -0.4 is 10.6 Å². The molecule has 2 saturated carbocycles. The molecule has 21 heavy (non-hydrogen) atoms. The van der Waals surface area contributed by atoms with Crippen molar-refractivity contribution in [2.75, 3.05) is 6.61 Å². The van der Waals surface area contributed by atoms with Crippen molar-refractivity contribution in [2.45, 2.75) is 64.5 Å². The van der Waals surface area contributed by atoms with Crippen LogP contribution in [0.5, 0.6) is 0 Å². The van der Waals surface area contributed by atoms with E-state index >= 15 is 0 Å². The van der Waals surface area contributed by atoms with E-state index in [-0.39, 0.29) is 36.4 Å². The summed E-state index contributed by atoms with van der Waals surface area (Å²) in [6.45, 7) is 4.02. The van der Waals surface area contributed by atoms with Crippen LogP contribution in [0.1, 0.15) is 52.4 Å². The monoisotopic (exact) mass is 296 g/mol. The molecule has 5 heteroatoms. The Hall–Kier alpha value is -1.10. The van der Waals surface area contributed by atoms with Gasteiger partial charge in [0, 0.05) is 37.5 Å². The van der Waals surface area contributed by atoms with Crippen molar-refractivity contribution >= 4 is 11.8 Å². The van der Waals surface area contributed by atoms with Gasteiger partial charge in [0.1, 0.15) is 0 Å². The van der Waals surface area contributed by atoms with Gasteiger partial charge in [-0.25, -0.2) is 0 Å². The number of amides is 2. The van der Waals surface area contributed by atoms with Crippen molar-refractivity contribution in [2.24, 2.45) is 17.8 Å². The molecule has 0 aromatic heterocycles. The summed E-state index contributed by atoms with van der Waals surface area (Å²) in [6, 6.07) is 0.288. The molecule has 0 radical (unpaired) electrons. The fourth-order valence-corrected chi connectivity index (χ4v) is 3.96. The van der Waals surface area contributed by atoms with Crippen LogP contribution in [0, 0.1) is 17.8 Å². The number of nitrogens with one attached hydrogen (secondary N) is 2. The molecule has 0 heterocycles. The summed E-state index contributed by atoms with van der Waals surface area (Å²) < 4.78 is 0. The van der Waals surface area contributed by atoms with Crippen LogP contribution in [0.25, 0.3) is 0 Å². The molecule has 120 valence electrons. The Labute approximate surface area is 126 Å². The summed E-state index contributed by atoms with van der Waals surface area (Å²) in [5.41, 5.74) is 0. The van der Waals surface area contributed by atoms with Gasteiger partial charge in [-0.2, -0.15) is 0 Å². The molecular formula is C16H28N2O3. The number of hydrogen-bond acceptors (Lipinski definition) is 3. The second-order valence-corrected chi connectivity index (χ2v) is 6.85. The van der Waals surface area contributed by atoms with E-state index in [0.717, 1.165) is 6.42 Å². The minimum Gasteiger partial charge on any atom is -0.396 e. The molecule has 4 unspecified atom stereocenters. The Balaban J connectivity index is 1.69. The van der Waals surface area contributed by atoms with Gasteiger partial charge in [-0.3, -0.25) is 9.59 Å². The van der Waals surface area contributed by atoms with Gasteiger partial charge in [0.15, 0.2) is 0 Å². The van der Waals surface area contributed by atoms with E-state index in [2.05, 4.69) is 10.6 Å². The molecule has 2 rings (SSSR count). The van der Waals surface area contributed by atoms with Gasteiger partial charge >= 0.3 is 0 Å². The maximum atomic E-state index is 12.0. The van der Waals surface area contributed by atoms with Crippen LogP contribution in [0.2, 0.25) is 0 Å². The maximum absolute atomic E-state index is 12.0. The smallest absolute Gasteiger partial charge is 0.220 e. The van der Waals surface area contributed by atoms with Crippen LogP contribution in [0.3, 0.4) is 0 Å². The number of aliphatic hydroxyl groups is 1. The average molecular weight is 296 g/mol. The van der Waals surface area contributed by atoms with Gasteiger partial charge < -0.3 is 15.7 Å². The van der Waals surface area contributed by atoms with Gasteiger partial charge in [0.2, 0.25) is 11.8 Å². The number of fused-ring (bicyclic) bond motifs is 2. The lowest BCUT2D eigenvalue weighted by Crippen LogP contribution is -2.45. The lowest BCUT2D eigenvalue weighted by molar-refractivity contribution is -0.123. The summed E-state index contributed by atoms with van der Waals surface area (Å²) >= 11 is 0. The topological polar surface area (TPSA) is 78.4 Å². The van der Waals surface area contributed by atoms with Crippen LogP contribution in [-0.4, -0.2) is 35.6 Å². The Morgan fingerprint density at radius 3 is 2.48 bits per heavy atom. The lowest BCUT2D eigenvalue weighted by atomic mass is 9.85. The summed E-state index contributed by atoms with van der Waals surface area (Å²) in [5, 5.41) is 15.4. The van der Waals surface area contributed by atoms with E-state index in [9.17, 15) is 14.7 Å². The maximum Gasteiger partial charge on any atom is 0.220 e. The molecule has 0 aliphatic heterocycles. The third kappa shape index (κ3) is 4.19. The molecular weight excluding hydrogens is 268 g/mol. The highest BCUT2D eigenvalue weighted by atomic mass is 16.3. The van der Waals surface area contributed by atoms with Crippen molar-refractivity contribution in [3.05, 3.63) is 0 Å². The minimum absolute atomic E-state index is 0.00552. The number of hydrogen-bond donors (Lipinski definition) is 3. The first-order valence-corrected chi connectivity index (χ1v) is 8.20. The minimum atomic E-state index is 0.00552. The molecule has 0 aromatic rings. The standard InChI is InChI=1S/C16H28N2O3/c1-10(2)17-14(20)4-3-5-15(21)18-16-12-7-6-11(8-12)13(16)9-19/h10-13,16,19H,3-9H2,1-2H3,(H,17,20)(H,18,21). The Kier molecular flexibility index (Phi) is 5.62. The molecule has 2 aliphatic rings. The van der Waals surface area contributed by atoms with Crippen molar-refractivity contribution in [3.8, 4) is 0 Å². The molecule has 4 atom stereocenters. The van der Waals surface area contributed by atoms with E-state index in [1.807, 2.05) is 13.8 Å². The first kappa shape index (κ1) is 16.3. The molecule has 2 aliphatic carbocycles. The van der Waals surface area contributed by atoms with Crippen LogP contribution in [-0.2, 0) is 9.59 Å². The first-order valence-electron chi connectivity index (χ1n) is 8.20. The molecule has 0 saturated heterocycles. The lowest BCUT2D eigenvalue weighted by Gasteiger charge is -2.30. The second kappa shape index (κ2) is 7.25. The number of rotatable bonds is 7. The number of carbonyl (C=O) groups is 2. The van der Waals surface area contributed by atoms with Gasteiger partial charge in [-0.05, 0) is 51.4 Å². The van der Waals surface area contributed by atoms with E-state index < -0.39 is 0 Å². The third-order valence-corrected chi connectivity index (χ3v) is 4.88. The van der Waals surface area contributed by atoms with E-state index in [1.54, 1.807) is 0 Å². The van der Waals surface area contributed by atoms with Crippen LogP contribution >= 0.6 is 0 Å². The van der Waals surface area contributed by atoms with Crippen molar-refractivity contribution in [1.29, 1.82) is 0 Å². The van der Waals surface area contributed by atoms with E-state index in [0.29, 0.717) is 31.1 Å².